The number of hydrogen-bond donors (Lipinski definition) is 0. The molecule has 1 nitrogen and oxygen atoms in total. The van der Waals surface area contributed by atoms with Crippen LogP contribution in [0.15, 0.2) is 84.9 Å². The first-order valence-electron chi connectivity index (χ1n) is 7.92. The number of anilines is 3. The predicted molar refractivity (Wildman–Crippen MR) is 101 cm³/mol. The third kappa shape index (κ3) is 3.51. The van der Waals surface area contributed by atoms with Crippen LogP contribution in [0.1, 0.15) is 18.1 Å². The van der Waals surface area contributed by atoms with E-state index in [0.29, 0.717) is 0 Å². The molecule has 0 amide bonds. The van der Waals surface area contributed by atoms with Gasteiger partial charge < -0.3 is 4.90 Å². The Kier molecular flexibility index (Phi) is 4.58. The number of hydrogen-bond acceptors (Lipinski definition) is 1. The van der Waals surface area contributed by atoms with Crippen LogP contribution in [0.25, 0.3) is 6.08 Å². The maximum Gasteiger partial charge on any atom is 0.0462 e. The van der Waals surface area contributed by atoms with Gasteiger partial charge in [0.15, 0.2) is 0 Å². The number of nitrogens with zero attached hydrogens (tertiary/aromatic N) is 1. The summed E-state index contributed by atoms with van der Waals surface area (Å²) in [6.07, 6.45) is 4.17. The van der Waals surface area contributed by atoms with Crippen LogP contribution in [0.5, 0.6) is 0 Å². The van der Waals surface area contributed by atoms with E-state index >= 15 is 0 Å². The molecule has 0 fully saturated rings. The van der Waals surface area contributed by atoms with Crippen LogP contribution in [0.3, 0.4) is 0 Å². The van der Waals surface area contributed by atoms with Gasteiger partial charge in [0.05, 0.1) is 0 Å². The van der Waals surface area contributed by atoms with Gasteiger partial charge in [-0.3, -0.25) is 0 Å². The van der Waals surface area contributed by atoms with E-state index in [9.17, 15) is 0 Å². The van der Waals surface area contributed by atoms with Gasteiger partial charge in [-0.1, -0.05) is 60.2 Å². The fourth-order valence-electron chi connectivity index (χ4n) is 2.65. The molecule has 0 aliphatic heterocycles. The Balaban J connectivity index is 2.06. The topological polar surface area (TPSA) is 3.24 Å². The minimum Gasteiger partial charge on any atom is -0.311 e. The van der Waals surface area contributed by atoms with Gasteiger partial charge in [0, 0.05) is 17.1 Å². The van der Waals surface area contributed by atoms with Crippen molar-refractivity contribution in [3.8, 4) is 0 Å². The highest BCUT2D eigenvalue weighted by Gasteiger charge is 2.11. The lowest BCUT2D eigenvalue weighted by molar-refractivity contribution is 1.27. The molecule has 3 aromatic carbocycles. The molecule has 0 bridgehead atoms. The normalized spacial score (nSPS) is 10.9. The van der Waals surface area contributed by atoms with Gasteiger partial charge in [-0.15, -0.1) is 0 Å². The number of benzene rings is 3. The molecule has 0 heterocycles. The molecule has 0 saturated heterocycles. The van der Waals surface area contributed by atoms with E-state index in [-0.39, 0.29) is 0 Å². The Hall–Kier alpha value is -2.80. The minimum absolute atomic E-state index is 1.16. The first kappa shape index (κ1) is 15.1. The Morgan fingerprint density at radius 2 is 1.17 bits per heavy atom. The molecule has 0 aromatic heterocycles. The second-order valence-electron chi connectivity index (χ2n) is 5.60. The van der Waals surface area contributed by atoms with Crippen molar-refractivity contribution in [2.45, 2.75) is 13.8 Å². The summed E-state index contributed by atoms with van der Waals surface area (Å²) in [7, 11) is 0. The minimum atomic E-state index is 1.16. The molecule has 23 heavy (non-hydrogen) atoms. The molecule has 0 spiro atoms. The summed E-state index contributed by atoms with van der Waals surface area (Å²) >= 11 is 0. The second kappa shape index (κ2) is 6.97. The molecule has 3 rings (SSSR count). The van der Waals surface area contributed by atoms with Crippen LogP contribution in [0, 0.1) is 6.92 Å². The molecule has 0 aliphatic rings. The molecule has 0 atom stereocenters. The Morgan fingerprint density at radius 1 is 0.652 bits per heavy atom. The van der Waals surface area contributed by atoms with Crippen LogP contribution in [0.2, 0.25) is 0 Å². The molecule has 114 valence electrons. The number of rotatable bonds is 4. The predicted octanol–water partition coefficient (Wildman–Crippen LogP) is 6.50. The van der Waals surface area contributed by atoms with Crippen molar-refractivity contribution in [2.24, 2.45) is 0 Å². The van der Waals surface area contributed by atoms with Crippen LogP contribution < -0.4 is 4.90 Å². The van der Waals surface area contributed by atoms with Gasteiger partial charge in [-0.25, -0.2) is 0 Å². The highest BCUT2D eigenvalue weighted by molar-refractivity contribution is 5.77. The largest absolute Gasteiger partial charge is 0.311 e. The lowest BCUT2D eigenvalue weighted by Crippen LogP contribution is -2.09. The third-order valence-corrected chi connectivity index (χ3v) is 3.82. The summed E-state index contributed by atoms with van der Waals surface area (Å²) in [6.45, 7) is 4.15. The lowest BCUT2D eigenvalue weighted by Gasteiger charge is -2.25. The van der Waals surface area contributed by atoms with Gasteiger partial charge in [-0.2, -0.15) is 0 Å². The van der Waals surface area contributed by atoms with Gasteiger partial charge in [0.2, 0.25) is 0 Å². The molecular formula is C22H21N. The zero-order chi connectivity index (χ0) is 16.1. The van der Waals surface area contributed by atoms with Gasteiger partial charge >= 0.3 is 0 Å². The second-order valence-corrected chi connectivity index (χ2v) is 5.60. The van der Waals surface area contributed by atoms with Crippen molar-refractivity contribution < 1.29 is 0 Å². The smallest absolute Gasteiger partial charge is 0.0462 e. The van der Waals surface area contributed by atoms with E-state index < -0.39 is 0 Å². The highest BCUT2D eigenvalue weighted by atomic mass is 15.1. The van der Waals surface area contributed by atoms with Crippen molar-refractivity contribution in [3.05, 3.63) is 96.1 Å². The van der Waals surface area contributed by atoms with Gasteiger partial charge in [-0.05, 0) is 55.8 Å². The van der Waals surface area contributed by atoms with Crippen LogP contribution >= 0.6 is 0 Å². The zero-order valence-corrected chi connectivity index (χ0v) is 13.6. The molecule has 0 unspecified atom stereocenters. The van der Waals surface area contributed by atoms with Crippen molar-refractivity contribution in [1.82, 2.24) is 0 Å². The van der Waals surface area contributed by atoms with Crippen molar-refractivity contribution in [3.63, 3.8) is 0 Å². The lowest BCUT2D eigenvalue weighted by atomic mass is 10.1. The average molecular weight is 299 g/mol. The van der Waals surface area contributed by atoms with E-state index in [1.54, 1.807) is 0 Å². The summed E-state index contributed by atoms with van der Waals surface area (Å²) in [4.78, 5) is 2.28. The Bertz CT molecular complexity index is 768. The molecule has 3 aromatic rings. The Morgan fingerprint density at radius 3 is 1.74 bits per heavy atom. The van der Waals surface area contributed by atoms with E-state index in [1.807, 2.05) is 13.0 Å². The van der Waals surface area contributed by atoms with Crippen LogP contribution in [-0.4, -0.2) is 0 Å². The highest BCUT2D eigenvalue weighted by Crippen LogP contribution is 2.34. The fourth-order valence-corrected chi connectivity index (χ4v) is 2.65. The zero-order valence-electron chi connectivity index (χ0n) is 13.6. The number of aryl methyl sites for hydroxylation is 1. The average Bonchev–Trinajstić information content (AvgIpc) is 2.60. The summed E-state index contributed by atoms with van der Waals surface area (Å²) in [5, 5.41) is 0. The van der Waals surface area contributed by atoms with Crippen molar-refractivity contribution in [2.75, 3.05) is 4.90 Å². The molecule has 0 N–H and O–H groups in total. The van der Waals surface area contributed by atoms with E-state index in [4.69, 9.17) is 0 Å². The molecule has 0 radical (unpaired) electrons. The third-order valence-electron chi connectivity index (χ3n) is 3.82. The van der Waals surface area contributed by atoms with Crippen molar-refractivity contribution in [1.29, 1.82) is 0 Å². The molecular weight excluding hydrogens is 278 g/mol. The van der Waals surface area contributed by atoms with Crippen molar-refractivity contribution >= 4 is 23.1 Å². The van der Waals surface area contributed by atoms with E-state index in [2.05, 4.69) is 96.8 Å². The molecule has 1 heteroatoms. The molecule has 0 saturated carbocycles. The first-order chi connectivity index (χ1) is 11.3. The number of allylic oxidation sites excluding steroid dienone is 1. The van der Waals surface area contributed by atoms with Crippen LogP contribution in [-0.2, 0) is 0 Å². The standard InChI is InChI=1S/C22H21N/c1-3-7-19-12-16-22(17-13-19)23(20-8-5-4-6-9-20)21-14-10-18(2)11-15-21/h3-17H,1-2H3. The monoisotopic (exact) mass is 299 g/mol. The molecule has 0 aliphatic carbocycles. The van der Waals surface area contributed by atoms with E-state index in [1.165, 1.54) is 16.8 Å². The summed E-state index contributed by atoms with van der Waals surface area (Å²) in [5.74, 6) is 0. The SMILES string of the molecule is CC=Cc1ccc(N(c2ccccc2)c2ccc(C)cc2)cc1. The summed E-state index contributed by atoms with van der Waals surface area (Å²) < 4.78 is 0. The quantitative estimate of drug-likeness (QED) is 0.531. The maximum absolute atomic E-state index is 2.28. The van der Waals surface area contributed by atoms with Gasteiger partial charge in [0.25, 0.3) is 0 Å². The van der Waals surface area contributed by atoms with E-state index in [0.717, 1.165) is 11.4 Å². The fraction of sp³-hybridized carbons (Fsp3) is 0.0909. The summed E-state index contributed by atoms with van der Waals surface area (Å²) in [5.41, 5.74) is 5.97. The first-order valence-corrected chi connectivity index (χ1v) is 7.92. The Labute approximate surface area is 138 Å². The number of para-hydroxylation sites is 1. The maximum atomic E-state index is 2.28. The van der Waals surface area contributed by atoms with Gasteiger partial charge in [0.1, 0.15) is 0 Å². The summed E-state index contributed by atoms with van der Waals surface area (Å²) in [6, 6.07) is 27.8. The van der Waals surface area contributed by atoms with Crippen LogP contribution in [0.4, 0.5) is 17.1 Å².